The van der Waals surface area contributed by atoms with E-state index < -0.39 is 11.4 Å². The zero-order chi connectivity index (χ0) is 12.3. The molecule has 17 heavy (non-hydrogen) atoms. The van der Waals surface area contributed by atoms with Gasteiger partial charge in [0, 0.05) is 25.7 Å². The van der Waals surface area contributed by atoms with Crippen molar-refractivity contribution in [3.63, 3.8) is 0 Å². The molecule has 98 valence electrons. The van der Waals surface area contributed by atoms with Crippen LogP contribution in [-0.4, -0.2) is 61.5 Å². The molecule has 2 atom stereocenters. The van der Waals surface area contributed by atoms with Crippen LogP contribution in [0.25, 0.3) is 0 Å². The molecule has 2 aliphatic rings. The van der Waals surface area contributed by atoms with Crippen LogP contribution in [-0.2, 0) is 14.3 Å². The topological polar surface area (TPSA) is 59.0 Å². The normalized spacial score (nSPS) is 35.7. The Morgan fingerprint density at radius 3 is 2.88 bits per heavy atom. The third-order valence-electron chi connectivity index (χ3n) is 3.79. The van der Waals surface area contributed by atoms with Crippen LogP contribution in [0, 0.1) is 5.41 Å². The van der Waals surface area contributed by atoms with Crippen LogP contribution >= 0.6 is 0 Å². The number of hydrogen-bond acceptors (Lipinski definition) is 4. The largest absolute Gasteiger partial charge is 0.481 e. The fourth-order valence-electron chi connectivity index (χ4n) is 2.60. The minimum atomic E-state index is -0.726. The van der Waals surface area contributed by atoms with Crippen molar-refractivity contribution in [3.8, 4) is 0 Å². The van der Waals surface area contributed by atoms with Crippen LogP contribution in [0.2, 0.25) is 0 Å². The van der Waals surface area contributed by atoms with Crippen LogP contribution in [0.15, 0.2) is 0 Å². The highest BCUT2D eigenvalue weighted by Crippen LogP contribution is 2.31. The number of carboxylic acid groups (broad SMARTS) is 1. The first kappa shape index (κ1) is 12.8. The lowest BCUT2D eigenvalue weighted by Gasteiger charge is -2.41. The Hall–Kier alpha value is -0.650. The molecular formula is C12H21NO4. The first-order valence-corrected chi connectivity index (χ1v) is 6.27. The predicted molar refractivity (Wildman–Crippen MR) is 62.0 cm³/mol. The van der Waals surface area contributed by atoms with Gasteiger partial charge < -0.3 is 14.6 Å². The molecule has 5 nitrogen and oxygen atoms in total. The van der Waals surface area contributed by atoms with Gasteiger partial charge in [-0.2, -0.15) is 0 Å². The molecular weight excluding hydrogens is 222 g/mol. The molecule has 2 fully saturated rings. The number of aliphatic carboxylic acids is 1. The first-order chi connectivity index (χ1) is 8.14. The van der Waals surface area contributed by atoms with Crippen molar-refractivity contribution in [1.82, 2.24) is 4.90 Å². The molecule has 2 saturated heterocycles. The zero-order valence-corrected chi connectivity index (χ0v) is 10.4. The van der Waals surface area contributed by atoms with Crippen LogP contribution in [0.4, 0.5) is 0 Å². The highest BCUT2D eigenvalue weighted by Gasteiger charge is 2.43. The molecule has 2 heterocycles. The average Bonchev–Trinajstić information content (AvgIpc) is 2.33. The maximum Gasteiger partial charge on any atom is 0.313 e. The minimum Gasteiger partial charge on any atom is -0.481 e. The molecule has 1 N–H and O–H groups in total. The number of carbonyl (C=O) groups is 1. The first-order valence-electron chi connectivity index (χ1n) is 6.27. The van der Waals surface area contributed by atoms with Gasteiger partial charge in [-0.1, -0.05) is 0 Å². The molecule has 0 radical (unpaired) electrons. The molecule has 0 spiro atoms. The van der Waals surface area contributed by atoms with Crippen molar-refractivity contribution in [3.05, 3.63) is 0 Å². The highest BCUT2D eigenvalue weighted by molar-refractivity contribution is 5.75. The Labute approximate surface area is 102 Å². The van der Waals surface area contributed by atoms with Crippen molar-refractivity contribution in [2.24, 2.45) is 5.41 Å². The summed E-state index contributed by atoms with van der Waals surface area (Å²) in [6, 6.07) is 0.293. The summed E-state index contributed by atoms with van der Waals surface area (Å²) in [5, 5.41) is 9.47. The van der Waals surface area contributed by atoms with Crippen LogP contribution in [0.5, 0.6) is 0 Å². The highest BCUT2D eigenvalue weighted by atomic mass is 16.5. The van der Waals surface area contributed by atoms with Gasteiger partial charge in [0.2, 0.25) is 0 Å². The van der Waals surface area contributed by atoms with E-state index in [1.165, 1.54) is 0 Å². The monoisotopic (exact) mass is 243 g/mol. The number of morpholine rings is 1. The average molecular weight is 243 g/mol. The van der Waals surface area contributed by atoms with Crippen LogP contribution < -0.4 is 0 Å². The van der Waals surface area contributed by atoms with Gasteiger partial charge in [-0.3, -0.25) is 9.69 Å². The van der Waals surface area contributed by atoms with Crippen molar-refractivity contribution < 1.29 is 19.4 Å². The van der Waals surface area contributed by atoms with Gasteiger partial charge in [-0.25, -0.2) is 0 Å². The second-order valence-corrected chi connectivity index (χ2v) is 5.14. The molecule has 0 aromatic carbocycles. The quantitative estimate of drug-likeness (QED) is 0.786. The summed E-state index contributed by atoms with van der Waals surface area (Å²) in [5.74, 6) is -0.726. The van der Waals surface area contributed by atoms with E-state index in [0.29, 0.717) is 45.4 Å². The van der Waals surface area contributed by atoms with Crippen molar-refractivity contribution in [2.45, 2.75) is 25.8 Å². The third-order valence-corrected chi connectivity index (χ3v) is 3.79. The van der Waals surface area contributed by atoms with Crippen molar-refractivity contribution in [2.75, 3.05) is 39.5 Å². The molecule has 0 aromatic heterocycles. The number of ether oxygens (including phenoxy) is 2. The van der Waals surface area contributed by atoms with Crippen molar-refractivity contribution >= 4 is 5.97 Å². The van der Waals surface area contributed by atoms with Gasteiger partial charge in [0.05, 0.1) is 19.8 Å². The van der Waals surface area contributed by atoms with Gasteiger partial charge in [0.25, 0.3) is 0 Å². The summed E-state index contributed by atoms with van der Waals surface area (Å²) < 4.78 is 10.8. The zero-order valence-electron chi connectivity index (χ0n) is 10.4. The summed E-state index contributed by atoms with van der Waals surface area (Å²) in [5.41, 5.74) is -0.718. The van der Waals surface area contributed by atoms with Gasteiger partial charge in [-0.05, 0) is 19.8 Å². The Bertz CT molecular complexity index is 276. The second kappa shape index (κ2) is 5.33. The molecule has 2 aliphatic heterocycles. The standard InChI is InChI=1S/C12H21NO4/c1-10-7-16-6-4-13(10)8-12(11(14)15)3-2-5-17-9-12/h10H,2-9H2,1H3,(H,14,15). The number of nitrogens with zero attached hydrogens (tertiary/aromatic N) is 1. The summed E-state index contributed by atoms with van der Waals surface area (Å²) in [4.78, 5) is 13.7. The van der Waals surface area contributed by atoms with Gasteiger partial charge in [-0.15, -0.1) is 0 Å². The number of carboxylic acids is 1. The molecule has 2 unspecified atom stereocenters. The van der Waals surface area contributed by atoms with E-state index in [-0.39, 0.29) is 0 Å². The van der Waals surface area contributed by atoms with Crippen LogP contribution in [0.3, 0.4) is 0 Å². The SMILES string of the molecule is CC1COCCN1CC1(C(=O)O)CCCOC1. The van der Waals surface area contributed by atoms with Gasteiger partial charge in [0.15, 0.2) is 0 Å². The summed E-state index contributed by atoms with van der Waals surface area (Å²) in [7, 11) is 0. The maximum atomic E-state index is 11.5. The van der Waals surface area contributed by atoms with E-state index >= 15 is 0 Å². The fourth-order valence-corrected chi connectivity index (χ4v) is 2.60. The number of hydrogen-bond donors (Lipinski definition) is 1. The summed E-state index contributed by atoms with van der Waals surface area (Å²) in [6.07, 6.45) is 1.55. The lowest BCUT2D eigenvalue weighted by atomic mass is 9.81. The molecule has 5 heteroatoms. The minimum absolute atomic E-state index is 0.293. The fraction of sp³-hybridized carbons (Fsp3) is 0.917. The molecule has 0 bridgehead atoms. The van der Waals surface area contributed by atoms with E-state index in [0.717, 1.165) is 13.0 Å². The van der Waals surface area contributed by atoms with Crippen molar-refractivity contribution in [1.29, 1.82) is 0 Å². The summed E-state index contributed by atoms with van der Waals surface area (Å²) >= 11 is 0. The van der Waals surface area contributed by atoms with Gasteiger partial charge in [0.1, 0.15) is 5.41 Å². The Balaban J connectivity index is 2.03. The lowest BCUT2D eigenvalue weighted by molar-refractivity contribution is -0.161. The number of rotatable bonds is 3. The predicted octanol–water partition coefficient (Wildman–Crippen LogP) is 0.589. The van der Waals surface area contributed by atoms with E-state index in [2.05, 4.69) is 11.8 Å². The maximum absolute atomic E-state index is 11.5. The lowest BCUT2D eigenvalue weighted by Crippen LogP contribution is -2.53. The molecule has 2 rings (SSSR count). The van der Waals surface area contributed by atoms with E-state index in [1.807, 2.05) is 0 Å². The molecule has 0 saturated carbocycles. The van der Waals surface area contributed by atoms with Gasteiger partial charge >= 0.3 is 5.97 Å². The van der Waals surface area contributed by atoms with E-state index in [1.54, 1.807) is 0 Å². The Morgan fingerprint density at radius 1 is 1.47 bits per heavy atom. The van der Waals surface area contributed by atoms with E-state index in [9.17, 15) is 9.90 Å². The van der Waals surface area contributed by atoms with Crippen LogP contribution in [0.1, 0.15) is 19.8 Å². The van der Waals surface area contributed by atoms with E-state index in [4.69, 9.17) is 9.47 Å². The Morgan fingerprint density at radius 2 is 2.29 bits per heavy atom. The molecule has 0 aliphatic carbocycles. The second-order valence-electron chi connectivity index (χ2n) is 5.14. The smallest absolute Gasteiger partial charge is 0.313 e. The molecule has 0 aromatic rings. The third kappa shape index (κ3) is 2.78. The Kier molecular flexibility index (Phi) is 4.01. The summed E-state index contributed by atoms with van der Waals surface area (Å²) in [6.45, 7) is 5.89. The molecule has 0 amide bonds.